The van der Waals surface area contributed by atoms with E-state index in [2.05, 4.69) is 0 Å². The van der Waals surface area contributed by atoms with Crippen LogP contribution in [0.1, 0.15) is 20.3 Å². The summed E-state index contributed by atoms with van der Waals surface area (Å²) in [4.78, 5) is 0. The molecule has 0 atom stereocenters. The Hall–Kier alpha value is 0.190. The molecule has 68 valence electrons. The van der Waals surface area contributed by atoms with Gasteiger partial charge >= 0.3 is 0 Å². The fraction of sp³-hybridized carbons (Fsp3) is 1.00. The van der Waals surface area contributed by atoms with Crippen LogP contribution in [-0.4, -0.2) is 32.2 Å². The fourth-order valence-corrected chi connectivity index (χ4v) is 1.66. The lowest BCUT2D eigenvalue weighted by molar-refractivity contribution is 0.0797. The van der Waals surface area contributed by atoms with Gasteiger partial charge in [0.25, 0.3) is 0 Å². The first-order chi connectivity index (χ1) is 4.92. The molecule has 0 aromatic heterocycles. The molecule has 0 spiro atoms. The minimum atomic E-state index is -1.81. The van der Waals surface area contributed by atoms with E-state index < -0.39 is 7.14 Å². The lowest BCUT2D eigenvalue weighted by atomic mass is 10.4. The second-order valence-electron chi connectivity index (χ2n) is 3.57. The summed E-state index contributed by atoms with van der Waals surface area (Å²) in [5, 5.41) is 0. The summed E-state index contributed by atoms with van der Waals surface area (Å²) in [6.45, 7) is 8.41. The van der Waals surface area contributed by atoms with E-state index >= 15 is 0 Å². The molecule has 0 heterocycles. The van der Waals surface area contributed by atoms with E-state index in [1.165, 1.54) is 0 Å². The second-order valence-corrected chi connectivity index (χ2v) is 7.17. The highest BCUT2D eigenvalue weighted by atomic mass is 31.2. The number of rotatable bonds is 5. The minimum Gasteiger partial charge on any atom is -0.379 e. The quantitative estimate of drug-likeness (QED) is 0.477. The Labute approximate surface area is 69.7 Å². The maximum atomic E-state index is 11.2. The van der Waals surface area contributed by atoms with E-state index in [-0.39, 0.29) is 0 Å². The van der Waals surface area contributed by atoms with Crippen LogP contribution < -0.4 is 0 Å². The third kappa shape index (κ3) is 10.2. The van der Waals surface area contributed by atoms with Crippen molar-refractivity contribution in [1.29, 1.82) is 0 Å². The van der Waals surface area contributed by atoms with Crippen LogP contribution in [0, 0.1) is 0 Å². The molecule has 0 aromatic carbocycles. The second kappa shape index (κ2) is 4.95. The molecule has 0 unspecified atom stereocenters. The molecule has 0 radical (unpaired) electrons. The van der Waals surface area contributed by atoms with E-state index in [4.69, 9.17) is 4.74 Å². The normalized spacial score (nSPS) is 12.5. The maximum absolute atomic E-state index is 11.2. The average Bonchev–Trinajstić information content (AvgIpc) is 1.78. The van der Waals surface area contributed by atoms with Crippen LogP contribution in [0.5, 0.6) is 0 Å². The summed E-state index contributed by atoms with van der Waals surface area (Å²) < 4.78 is 16.5. The van der Waals surface area contributed by atoms with Crippen LogP contribution in [0.4, 0.5) is 0 Å². The van der Waals surface area contributed by atoms with Crippen LogP contribution in [0.3, 0.4) is 0 Å². The summed E-state index contributed by atoms with van der Waals surface area (Å²) in [5.74, 6) is 0. The molecule has 0 amide bonds. The molecule has 0 rings (SSSR count). The van der Waals surface area contributed by atoms with Crippen LogP contribution in [0.25, 0.3) is 0 Å². The highest BCUT2D eigenvalue weighted by Crippen LogP contribution is 2.36. The zero-order valence-corrected chi connectivity index (χ0v) is 8.86. The Bertz CT molecular complexity index is 137. The standard InChI is InChI=1S/C8H19O2P/c1-8(2)10-6-5-7-11(3,4)9/h8H,5-7H2,1-4H3. The van der Waals surface area contributed by atoms with Crippen molar-refractivity contribution in [2.24, 2.45) is 0 Å². The van der Waals surface area contributed by atoms with Gasteiger partial charge in [-0.2, -0.15) is 0 Å². The van der Waals surface area contributed by atoms with Crippen molar-refractivity contribution < 1.29 is 9.30 Å². The topological polar surface area (TPSA) is 26.3 Å². The first-order valence-electron chi connectivity index (χ1n) is 4.07. The first-order valence-corrected chi connectivity index (χ1v) is 6.86. The fourth-order valence-electron chi connectivity index (χ4n) is 0.764. The van der Waals surface area contributed by atoms with Crippen molar-refractivity contribution in [3.8, 4) is 0 Å². The van der Waals surface area contributed by atoms with Crippen LogP contribution >= 0.6 is 7.14 Å². The summed E-state index contributed by atoms with van der Waals surface area (Å²) in [6.07, 6.45) is 2.02. The molecule has 0 saturated carbocycles. The molecule has 0 aliphatic carbocycles. The van der Waals surface area contributed by atoms with Gasteiger partial charge in [-0.15, -0.1) is 0 Å². The molecular weight excluding hydrogens is 159 g/mol. The number of ether oxygens (including phenoxy) is 1. The van der Waals surface area contributed by atoms with Gasteiger partial charge in [0, 0.05) is 12.8 Å². The van der Waals surface area contributed by atoms with Crippen LogP contribution in [0.15, 0.2) is 0 Å². The SMILES string of the molecule is CC(C)OCCCP(C)(C)=O. The monoisotopic (exact) mass is 178 g/mol. The van der Waals surface area contributed by atoms with Gasteiger partial charge in [-0.3, -0.25) is 0 Å². The smallest absolute Gasteiger partial charge is 0.0820 e. The summed E-state index contributed by atoms with van der Waals surface area (Å²) in [7, 11) is -1.81. The van der Waals surface area contributed by atoms with E-state index in [0.717, 1.165) is 19.2 Å². The van der Waals surface area contributed by atoms with Gasteiger partial charge < -0.3 is 9.30 Å². The molecule has 0 N–H and O–H groups in total. The number of hydrogen-bond donors (Lipinski definition) is 0. The zero-order valence-electron chi connectivity index (χ0n) is 7.96. The summed E-state index contributed by atoms with van der Waals surface area (Å²) in [6, 6.07) is 0. The lowest BCUT2D eigenvalue weighted by Gasteiger charge is -2.08. The largest absolute Gasteiger partial charge is 0.379 e. The van der Waals surface area contributed by atoms with Gasteiger partial charge in [0.1, 0.15) is 0 Å². The Morgan fingerprint density at radius 1 is 1.36 bits per heavy atom. The van der Waals surface area contributed by atoms with Gasteiger partial charge in [0.2, 0.25) is 0 Å². The molecule has 3 heteroatoms. The van der Waals surface area contributed by atoms with E-state index in [1.54, 1.807) is 0 Å². The molecule has 2 nitrogen and oxygen atoms in total. The molecule has 0 saturated heterocycles. The third-order valence-corrected chi connectivity index (χ3v) is 2.69. The maximum Gasteiger partial charge on any atom is 0.0820 e. The highest BCUT2D eigenvalue weighted by molar-refractivity contribution is 7.62. The molecule has 0 aliphatic rings. The Morgan fingerprint density at radius 2 is 1.91 bits per heavy atom. The van der Waals surface area contributed by atoms with Crippen molar-refractivity contribution in [2.75, 3.05) is 26.1 Å². The predicted molar refractivity (Wildman–Crippen MR) is 50.0 cm³/mol. The molecule has 0 aromatic rings. The molecule has 0 aliphatic heterocycles. The van der Waals surface area contributed by atoms with Crippen molar-refractivity contribution in [1.82, 2.24) is 0 Å². The molecule has 11 heavy (non-hydrogen) atoms. The average molecular weight is 178 g/mol. The lowest BCUT2D eigenvalue weighted by Crippen LogP contribution is -2.05. The summed E-state index contributed by atoms with van der Waals surface area (Å²) in [5.41, 5.74) is 0. The van der Waals surface area contributed by atoms with Gasteiger partial charge in [-0.1, -0.05) is 0 Å². The Balaban J connectivity index is 3.22. The van der Waals surface area contributed by atoms with Crippen LogP contribution in [0.2, 0.25) is 0 Å². The predicted octanol–water partition coefficient (Wildman–Crippen LogP) is 2.42. The molecular formula is C8H19O2P. The van der Waals surface area contributed by atoms with Crippen molar-refractivity contribution in [2.45, 2.75) is 26.4 Å². The van der Waals surface area contributed by atoms with Gasteiger partial charge in [0.05, 0.1) is 13.2 Å². The summed E-state index contributed by atoms with van der Waals surface area (Å²) >= 11 is 0. The van der Waals surface area contributed by atoms with E-state index in [1.807, 2.05) is 27.2 Å². The van der Waals surface area contributed by atoms with Gasteiger partial charge in [-0.05, 0) is 33.6 Å². The van der Waals surface area contributed by atoms with Crippen LogP contribution in [-0.2, 0) is 9.30 Å². The minimum absolute atomic E-state index is 0.295. The van der Waals surface area contributed by atoms with Crippen molar-refractivity contribution >= 4 is 7.14 Å². The Kier molecular flexibility index (Phi) is 5.03. The molecule has 0 fully saturated rings. The van der Waals surface area contributed by atoms with E-state index in [0.29, 0.717) is 6.10 Å². The van der Waals surface area contributed by atoms with E-state index in [9.17, 15) is 4.57 Å². The van der Waals surface area contributed by atoms with Gasteiger partial charge in [-0.25, -0.2) is 0 Å². The van der Waals surface area contributed by atoms with Crippen molar-refractivity contribution in [3.63, 3.8) is 0 Å². The highest BCUT2D eigenvalue weighted by Gasteiger charge is 2.05. The Morgan fingerprint density at radius 3 is 2.27 bits per heavy atom. The number of hydrogen-bond acceptors (Lipinski definition) is 2. The third-order valence-electron chi connectivity index (χ3n) is 1.29. The first kappa shape index (κ1) is 11.2. The zero-order chi connectivity index (χ0) is 8.91. The van der Waals surface area contributed by atoms with Crippen molar-refractivity contribution in [3.05, 3.63) is 0 Å². The molecule has 0 bridgehead atoms. The van der Waals surface area contributed by atoms with Gasteiger partial charge in [0.15, 0.2) is 0 Å².